The van der Waals surface area contributed by atoms with E-state index in [-0.39, 0.29) is 35.4 Å². The molecule has 0 spiro atoms. The van der Waals surface area contributed by atoms with Crippen LogP contribution in [0.5, 0.6) is 0 Å². The summed E-state index contributed by atoms with van der Waals surface area (Å²) in [5.41, 5.74) is -0.295. The number of hydrogen-bond donors (Lipinski definition) is 2. The van der Waals surface area contributed by atoms with E-state index < -0.39 is 17.4 Å². The molecule has 0 aromatic rings. The number of aliphatic carboxylic acids is 1. The van der Waals surface area contributed by atoms with E-state index in [1.165, 1.54) is 6.92 Å². The summed E-state index contributed by atoms with van der Waals surface area (Å²) in [6, 6.07) is -1.32. The molecule has 1 unspecified atom stereocenters. The van der Waals surface area contributed by atoms with Crippen LogP contribution in [0.2, 0.25) is 0 Å². The molecule has 0 aromatic carbocycles. The largest absolute Gasteiger partial charge is 0.478 e. The van der Waals surface area contributed by atoms with Crippen LogP contribution in [0.1, 0.15) is 67.7 Å². The molecule has 1 saturated heterocycles. The second-order valence-electron chi connectivity index (χ2n) is 10.5. The van der Waals surface area contributed by atoms with E-state index in [2.05, 4.69) is 17.1 Å². The highest BCUT2D eigenvalue weighted by Crippen LogP contribution is 2.26. The van der Waals surface area contributed by atoms with E-state index in [0.29, 0.717) is 5.92 Å². The van der Waals surface area contributed by atoms with Crippen LogP contribution in [0.3, 0.4) is 0 Å². The minimum Gasteiger partial charge on any atom is -0.478 e. The number of likely N-dealkylation sites (N-methyl/N-ethyl adjacent to an activating group) is 2. The van der Waals surface area contributed by atoms with Crippen molar-refractivity contribution in [1.29, 1.82) is 0 Å². The topological polar surface area (TPSA) is 90.0 Å². The molecular weight excluding hydrogens is 394 g/mol. The summed E-state index contributed by atoms with van der Waals surface area (Å²) < 4.78 is 0. The molecule has 2 amide bonds. The third kappa shape index (κ3) is 7.34. The van der Waals surface area contributed by atoms with Gasteiger partial charge in [-0.1, -0.05) is 54.0 Å². The minimum absolute atomic E-state index is 0.0232. The molecule has 0 aromatic heterocycles. The van der Waals surface area contributed by atoms with Crippen molar-refractivity contribution in [3.8, 4) is 0 Å². The quantitative estimate of drug-likeness (QED) is 0.570. The molecule has 1 fully saturated rings. The highest BCUT2D eigenvalue weighted by atomic mass is 16.4. The van der Waals surface area contributed by atoms with Crippen LogP contribution in [-0.2, 0) is 14.4 Å². The fourth-order valence-electron chi connectivity index (χ4n) is 4.22. The van der Waals surface area contributed by atoms with Crippen LogP contribution in [0.15, 0.2) is 11.6 Å². The molecule has 2 N–H and O–H groups in total. The van der Waals surface area contributed by atoms with Crippen LogP contribution in [-0.4, -0.2) is 71.5 Å². The first kappa shape index (κ1) is 27.1. The molecule has 1 rings (SSSR count). The number of carboxylic acid groups (broad SMARTS) is 1. The van der Waals surface area contributed by atoms with Gasteiger partial charge in [-0.3, -0.25) is 14.5 Å². The van der Waals surface area contributed by atoms with Crippen LogP contribution in [0.25, 0.3) is 0 Å². The Kier molecular flexibility index (Phi) is 9.73. The Morgan fingerprint density at radius 1 is 1.23 bits per heavy atom. The van der Waals surface area contributed by atoms with Crippen molar-refractivity contribution in [3.05, 3.63) is 11.6 Å². The number of amides is 2. The Hall–Kier alpha value is -1.89. The molecule has 7 heteroatoms. The molecule has 178 valence electrons. The number of carbonyl (C=O) groups is 3. The van der Waals surface area contributed by atoms with Gasteiger partial charge in [-0.2, -0.15) is 0 Å². The third-order valence-corrected chi connectivity index (χ3v) is 6.44. The van der Waals surface area contributed by atoms with E-state index in [0.717, 1.165) is 25.8 Å². The van der Waals surface area contributed by atoms with Crippen LogP contribution >= 0.6 is 0 Å². The summed E-state index contributed by atoms with van der Waals surface area (Å²) in [5.74, 6) is -0.694. The lowest BCUT2D eigenvalue weighted by molar-refractivity contribution is -0.141. The average Bonchev–Trinajstić information content (AvgIpc) is 2.67. The monoisotopic (exact) mass is 437 g/mol. The van der Waals surface area contributed by atoms with Gasteiger partial charge in [-0.05, 0) is 44.1 Å². The van der Waals surface area contributed by atoms with Crippen molar-refractivity contribution in [3.63, 3.8) is 0 Å². The van der Waals surface area contributed by atoms with Gasteiger partial charge in [-0.25, -0.2) is 4.79 Å². The van der Waals surface area contributed by atoms with Crippen molar-refractivity contribution in [2.45, 2.75) is 85.9 Å². The summed E-state index contributed by atoms with van der Waals surface area (Å²) in [6.07, 6.45) is 4.53. The Morgan fingerprint density at radius 2 is 1.81 bits per heavy atom. The van der Waals surface area contributed by atoms with Gasteiger partial charge < -0.3 is 15.3 Å². The predicted molar refractivity (Wildman–Crippen MR) is 124 cm³/mol. The summed E-state index contributed by atoms with van der Waals surface area (Å²) in [5, 5.41) is 12.3. The van der Waals surface area contributed by atoms with Gasteiger partial charge in [0.2, 0.25) is 11.8 Å². The fraction of sp³-hybridized carbons (Fsp3) is 0.792. The summed E-state index contributed by atoms with van der Waals surface area (Å²) in [4.78, 5) is 41.6. The lowest BCUT2D eigenvalue weighted by Crippen LogP contribution is -2.60. The number of hydrogen-bond acceptors (Lipinski definition) is 4. The molecule has 31 heavy (non-hydrogen) atoms. The van der Waals surface area contributed by atoms with Gasteiger partial charge in [0, 0.05) is 19.2 Å². The zero-order valence-corrected chi connectivity index (χ0v) is 20.9. The Bertz CT molecular complexity index is 681. The normalized spacial score (nSPS) is 22.7. The van der Waals surface area contributed by atoms with Gasteiger partial charge in [0.15, 0.2) is 0 Å². The highest BCUT2D eigenvalue weighted by Gasteiger charge is 2.39. The molecule has 4 atom stereocenters. The number of nitrogens with zero attached hydrogens (tertiary/aromatic N) is 2. The first-order chi connectivity index (χ1) is 14.2. The predicted octanol–water partition coefficient (Wildman–Crippen LogP) is 3.15. The van der Waals surface area contributed by atoms with Gasteiger partial charge >= 0.3 is 5.97 Å². The molecule has 1 aliphatic heterocycles. The van der Waals surface area contributed by atoms with Crippen molar-refractivity contribution in [2.75, 3.05) is 20.6 Å². The van der Waals surface area contributed by atoms with Gasteiger partial charge in [0.1, 0.15) is 6.04 Å². The second-order valence-corrected chi connectivity index (χ2v) is 10.5. The summed E-state index contributed by atoms with van der Waals surface area (Å²) in [7, 11) is 3.66. The van der Waals surface area contributed by atoms with Crippen molar-refractivity contribution in [1.82, 2.24) is 15.1 Å². The van der Waals surface area contributed by atoms with Crippen molar-refractivity contribution < 1.29 is 19.5 Å². The van der Waals surface area contributed by atoms with Crippen LogP contribution in [0.4, 0.5) is 0 Å². The average molecular weight is 438 g/mol. The third-order valence-electron chi connectivity index (χ3n) is 6.44. The second kappa shape index (κ2) is 11.1. The smallest absolute Gasteiger partial charge is 0.331 e. The van der Waals surface area contributed by atoms with E-state index in [4.69, 9.17) is 0 Å². The van der Waals surface area contributed by atoms with Crippen LogP contribution < -0.4 is 5.32 Å². The lowest BCUT2D eigenvalue weighted by atomic mass is 9.84. The van der Waals surface area contributed by atoms with Crippen molar-refractivity contribution in [2.24, 2.45) is 17.3 Å². The molecule has 0 radical (unpaired) electrons. The van der Waals surface area contributed by atoms with Gasteiger partial charge in [0.25, 0.3) is 0 Å². The fourth-order valence-corrected chi connectivity index (χ4v) is 4.22. The minimum atomic E-state index is -1.00. The van der Waals surface area contributed by atoms with Crippen molar-refractivity contribution >= 4 is 17.8 Å². The maximum Gasteiger partial charge on any atom is 0.331 e. The van der Waals surface area contributed by atoms with E-state index >= 15 is 0 Å². The first-order valence-electron chi connectivity index (χ1n) is 11.4. The Labute approximate surface area is 188 Å². The highest BCUT2D eigenvalue weighted by molar-refractivity contribution is 5.91. The summed E-state index contributed by atoms with van der Waals surface area (Å²) >= 11 is 0. The van der Waals surface area contributed by atoms with E-state index in [9.17, 15) is 19.5 Å². The van der Waals surface area contributed by atoms with Gasteiger partial charge in [-0.15, -0.1) is 0 Å². The van der Waals surface area contributed by atoms with Crippen LogP contribution in [0, 0.1) is 17.3 Å². The molecule has 0 aliphatic carbocycles. The molecule has 1 aliphatic rings. The number of carboxylic acids is 1. The maximum atomic E-state index is 13.5. The number of carbonyl (C=O) groups excluding carboxylic acids is 2. The molecule has 0 saturated carbocycles. The van der Waals surface area contributed by atoms with Gasteiger partial charge in [0.05, 0.1) is 12.1 Å². The summed E-state index contributed by atoms with van der Waals surface area (Å²) in [6.45, 7) is 14.3. The molecule has 1 heterocycles. The first-order valence-corrected chi connectivity index (χ1v) is 11.4. The molecule has 0 bridgehead atoms. The Balaban J connectivity index is 3.08. The zero-order chi connectivity index (χ0) is 24.1. The number of likely N-dealkylation sites (tertiary alicyclic amines) is 1. The SMILES string of the molecule is CCC1CC[C@H](C(=O)N[C@H](C(=O)N(C)[C@H](/C=C(\C)C(=O)O)C(C)C)C(C)(C)C)N(C)C1. The standard InChI is InChI=1S/C24H43N3O4/c1-10-17-11-12-18(26(8)14-17)21(28)25-20(24(5,6)7)22(29)27(9)19(15(2)3)13-16(4)23(30)31/h13,15,17-20H,10-12,14H2,1-9H3,(H,25,28)(H,30,31)/b16-13+/t17?,18-,19-,20-/m1/s1. The number of rotatable bonds is 8. The number of nitrogens with one attached hydrogen (secondary N) is 1. The maximum absolute atomic E-state index is 13.5. The van der Waals surface area contributed by atoms with E-state index in [1.54, 1.807) is 18.0 Å². The molecular formula is C24H43N3O4. The van der Waals surface area contributed by atoms with E-state index in [1.807, 2.05) is 41.7 Å². The lowest BCUT2D eigenvalue weighted by Gasteiger charge is -2.40. The number of piperidine rings is 1. The Morgan fingerprint density at radius 3 is 2.23 bits per heavy atom. The zero-order valence-electron chi connectivity index (χ0n) is 20.9. The molecule has 7 nitrogen and oxygen atoms in total.